The summed E-state index contributed by atoms with van der Waals surface area (Å²) in [6.07, 6.45) is 1.27. The third kappa shape index (κ3) is 4.25. The van der Waals surface area contributed by atoms with Crippen LogP contribution in [0, 0.1) is 0 Å². The van der Waals surface area contributed by atoms with Crippen molar-refractivity contribution in [3.05, 3.63) is 0 Å². The summed E-state index contributed by atoms with van der Waals surface area (Å²) in [5.41, 5.74) is 0. The summed E-state index contributed by atoms with van der Waals surface area (Å²) in [6.45, 7) is 2.10. The molecule has 0 amide bonds. The second-order valence-corrected chi connectivity index (χ2v) is 6.73. The molecule has 0 spiro atoms. The molecule has 0 saturated carbocycles. The van der Waals surface area contributed by atoms with E-state index in [2.05, 4.69) is 0 Å². The molecule has 1 rings (SSSR count). The number of aliphatic carboxylic acids is 1. The number of hydrogen-bond acceptors (Lipinski definition) is 5. The van der Waals surface area contributed by atoms with Crippen molar-refractivity contribution in [1.82, 2.24) is 0 Å². The fraction of sp³-hybridized carbons (Fsp3) is 0.800. The lowest BCUT2D eigenvalue weighted by atomic mass is 10.2. The van der Waals surface area contributed by atoms with Gasteiger partial charge in [-0.1, -0.05) is 0 Å². The Hall–Kier alpha value is -0.360. The molecule has 1 heterocycles. The van der Waals surface area contributed by atoms with E-state index in [0.29, 0.717) is 6.61 Å². The van der Waals surface area contributed by atoms with Gasteiger partial charge in [0.2, 0.25) is 0 Å². The van der Waals surface area contributed by atoms with Crippen LogP contribution >= 0.6 is 23.5 Å². The molecule has 0 unspecified atom stereocenters. The fourth-order valence-electron chi connectivity index (χ4n) is 1.55. The average molecular weight is 264 g/mol. The largest absolute Gasteiger partial charge is 0.481 e. The van der Waals surface area contributed by atoms with Gasteiger partial charge in [0.15, 0.2) is 0 Å². The van der Waals surface area contributed by atoms with Crippen LogP contribution < -0.4 is 0 Å². The number of ether oxygens (including phenoxy) is 1. The van der Waals surface area contributed by atoms with Crippen LogP contribution in [0.4, 0.5) is 0 Å². The Labute approximate surface area is 103 Å². The molecule has 0 aromatic rings. The second-order valence-electron chi connectivity index (χ2n) is 3.51. The molecule has 0 atom stereocenters. The minimum Gasteiger partial charge on any atom is -0.481 e. The van der Waals surface area contributed by atoms with E-state index in [0.717, 1.165) is 17.9 Å². The number of esters is 1. The molecule has 0 bridgehead atoms. The maximum atomic E-state index is 11.5. The lowest BCUT2D eigenvalue weighted by molar-refractivity contribution is -0.143. The lowest BCUT2D eigenvalue weighted by Gasteiger charge is -2.33. The summed E-state index contributed by atoms with van der Waals surface area (Å²) < 4.78 is 4.38. The number of carbonyl (C=O) groups excluding carboxylic acids is 1. The van der Waals surface area contributed by atoms with E-state index in [1.54, 1.807) is 30.4 Å². The molecule has 0 aromatic heterocycles. The number of carbonyl (C=O) groups is 2. The first-order chi connectivity index (χ1) is 7.58. The van der Waals surface area contributed by atoms with Gasteiger partial charge in [0.1, 0.15) is 0 Å². The standard InChI is InChI=1S/C10H16O4S2/c1-2-14-9(13)7-10(6-8(11)12)15-4-3-5-16-10/h2-7H2,1H3,(H,11,12). The van der Waals surface area contributed by atoms with E-state index < -0.39 is 10.0 Å². The van der Waals surface area contributed by atoms with Crippen molar-refractivity contribution in [2.45, 2.75) is 30.3 Å². The van der Waals surface area contributed by atoms with Gasteiger partial charge in [-0.2, -0.15) is 0 Å². The highest BCUT2D eigenvalue weighted by Gasteiger charge is 2.38. The molecule has 1 aliphatic heterocycles. The molecule has 4 nitrogen and oxygen atoms in total. The smallest absolute Gasteiger partial charge is 0.308 e. The Bertz CT molecular complexity index is 262. The van der Waals surface area contributed by atoms with Crippen molar-refractivity contribution >= 4 is 35.5 Å². The Morgan fingerprint density at radius 1 is 1.31 bits per heavy atom. The van der Waals surface area contributed by atoms with E-state index in [9.17, 15) is 9.59 Å². The first kappa shape index (κ1) is 13.7. The fourth-order valence-corrected chi connectivity index (χ4v) is 4.77. The molecular formula is C10H16O4S2. The van der Waals surface area contributed by atoms with Gasteiger partial charge in [-0.3, -0.25) is 9.59 Å². The van der Waals surface area contributed by atoms with Gasteiger partial charge in [-0.15, -0.1) is 23.5 Å². The lowest BCUT2D eigenvalue weighted by Crippen LogP contribution is -2.32. The van der Waals surface area contributed by atoms with Gasteiger partial charge in [0, 0.05) is 0 Å². The van der Waals surface area contributed by atoms with Gasteiger partial charge in [0.25, 0.3) is 0 Å². The zero-order chi connectivity index (χ0) is 12.0. The van der Waals surface area contributed by atoms with Gasteiger partial charge in [-0.25, -0.2) is 0 Å². The van der Waals surface area contributed by atoms with Crippen molar-refractivity contribution in [2.24, 2.45) is 0 Å². The number of carboxylic acid groups (broad SMARTS) is 1. The van der Waals surface area contributed by atoms with E-state index >= 15 is 0 Å². The van der Waals surface area contributed by atoms with Crippen LogP contribution in [0.2, 0.25) is 0 Å². The van der Waals surface area contributed by atoms with E-state index in [1.165, 1.54) is 0 Å². The summed E-state index contributed by atoms with van der Waals surface area (Å²) in [6, 6.07) is 0. The van der Waals surface area contributed by atoms with Crippen molar-refractivity contribution in [3.63, 3.8) is 0 Å². The van der Waals surface area contributed by atoms with Crippen LogP contribution in [0.1, 0.15) is 26.2 Å². The summed E-state index contributed by atoms with van der Waals surface area (Å²) >= 11 is 3.15. The number of carboxylic acids is 1. The zero-order valence-corrected chi connectivity index (χ0v) is 10.9. The highest BCUT2D eigenvalue weighted by atomic mass is 32.2. The van der Waals surface area contributed by atoms with E-state index in [-0.39, 0.29) is 18.8 Å². The highest BCUT2D eigenvalue weighted by Crippen LogP contribution is 2.47. The highest BCUT2D eigenvalue weighted by molar-refractivity contribution is 8.18. The topological polar surface area (TPSA) is 63.6 Å². The van der Waals surface area contributed by atoms with Gasteiger partial charge in [-0.05, 0) is 24.9 Å². The molecule has 16 heavy (non-hydrogen) atoms. The summed E-state index contributed by atoms with van der Waals surface area (Å²) in [4.78, 5) is 22.3. The molecule has 1 N–H and O–H groups in total. The van der Waals surface area contributed by atoms with Crippen LogP contribution in [-0.4, -0.2) is 39.2 Å². The SMILES string of the molecule is CCOC(=O)CC1(CC(=O)O)SCCCS1. The van der Waals surface area contributed by atoms with Crippen LogP contribution in [0.25, 0.3) is 0 Å². The van der Waals surface area contributed by atoms with Crippen LogP contribution in [-0.2, 0) is 14.3 Å². The maximum absolute atomic E-state index is 11.5. The van der Waals surface area contributed by atoms with E-state index in [1.807, 2.05) is 0 Å². The predicted molar refractivity (Wildman–Crippen MR) is 65.8 cm³/mol. The quantitative estimate of drug-likeness (QED) is 0.766. The second kappa shape index (κ2) is 6.39. The molecule has 1 aliphatic rings. The number of thioether (sulfide) groups is 2. The Kier molecular flexibility index (Phi) is 5.48. The predicted octanol–water partition coefficient (Wildman–Crippen LogP) is 1.98. The van der Waals surface area contributed by atoms with Crippen LogP contribution in [0.3, 0.4) is 0 Å². The molecule has 0 aromatic carbocycles. The minimum absolute atomic E-state index is 0.0150. The van der Waals surface area contributed by atoms with E-state index in [4.69, 9.17) is 9.84 Å². The van der Waals surface area contributed by atoms with Gasteiger partial charge in [0.05, 0.1) is 23.5 Å². The Morgan fingerprint density at radius 2 is 1.94 bits per heavy atom. The average Bonchev–Trinajstić information content (AvgIpc) is 2.17. The number of rotatable bonds is 5. The van der Waals surface area contributed by atoms with Crippen molar-refractivity contribution in [3.8, 4) is 0 Å². The molecule has 1 fully saturated rings. The molecule has 0 radical (unpaired) electrons. The van der Waals surface area contributed by atoms with Crippen molar-refractivity contribution in [2.75, 3.05) is 18.1 Å². The normalized spacial score (nSPS) is 19.1. The summed E-state index contributed by atoms with van der Waals surface area (Å²) in [5.74, 6) is 0.677. The van der Waals surface area contributed by atoms with Crippen LogP contribution in [0.5, 0.6) is 0 Å². The molecular weight excluding hydrogens is 248 g/mol. The van der Waals surface area contributed by atoms with Gasteiger partial charge < -0.3 is 9.84 Å². The summed E-state index contributed by atoms with van der Waals surface area (Å²) in [5, 5.41) is 8.89. The van der Waals surface area contributed by atoms with Crippen molar-refractivity contribution < 1.29 is 19.4 Å². The van der Waals surface area contributed by atoms with Crippen LogP contribution in [0.15, 0.2) is 0 Å². The molecule has 6 heteroatoms. The first-order valence-electron chi connectivity index (χ1n) is 5.23. The zero-order valence-electron chi connectivity index (χ0n) is 9.23. The minimum atomic E-state index is -0.855. The monoisotopic (exact) mass is 264 g/mol. The maximum Gasteiger partial charge on any atom is 0.308 e. The third-order valence-electron chi connectivity index (χ3n) is 2.16. The number of hydrogen-bond donors (Lipinski definition) is 1. The van der Waals surface area contributed by atoms with Crippen molar-refractivity contribution in [1.29, 1.82) is 0 Å². The molecule has 1 saturated heterocycles. The Morgan fingerprint density at radius 3 is 2.44 bits per heavy atom. The Balaban J connectivity index is 2.62. The summed E-state index contributed by atoms with van der Waals surface area (Å²) in [7, 11) is 0. The third-order valence-corrected chi connectivity index (χ3v) is 5.48. The first-order valence-corrected chi connectivity index (χ1v) is 7.20. The molecule has 0 aliphatic carbocycles. The van der Waals surface area contributed by atoms with Gasteiger partial charge >= 0.3 is 11.9 Å². The molecule has 92 valence electrons.